The van der Waals surface area contributed by atoms with E-state index in [9.17, 15) is 19.4 Å². The maximum absolute atomic E-state index is 14.4. The predicted octanol–water partition coefficient (Wildman–Crippen LogP) is 3.90. The highest BCUT2D eigenvalue weighted by atomic mass is 35.5. The van der Waals surface area contributed by atoms with Gasteiger partial charge < -0.3 is 35.6 Å². The van der Waals surface area contributed by atoms with E-state index in [0.29, 0.717) is 44.9 Å². The Bertz CT molecular complexity index is 859. The number of benzene rings is 1. The van der Waals surface area contributed by atoms with Gasteiger partial charge in [0, 0.05) is 38.7 Å². The molecule has 2 fully saturated rings. The molecule has 0 bridgehead atoms. The number of morpholine rings is 1. The number of halogens is 2. The van der Waals surface area contributed by atoms with Crippen LogP contribution in [0, 0.1) is 11.7 Å². The molecule has 5 N–H and O–H groups in total. The van der Waals surface area contributed by atoms with Crippen LogP contribution in [-0.4, -0.2) is 72.7 Å². The number of rotatable bonds is 12. The zero-order chi connectivity index (χ0) is 26.8. The van der Waals surface area contributed by atoms with Crippen molar-refractivity contribution in [2.75, 3.05) is 33.4 Å². The summed E-state index contributed by atoms with van der Waals surface area (Å²) < 4.78 is 25.6. The normalized spacial score (nSPS) is 22.3. The highest BCUT2D eigenvalue weighted by Crippen LogP contribution is 2.33. The van der Waals surface area contributed by atoms with Crippen LogP contribution in [0.25, 0.3) is 0 Å². The SMILES string of the molecule is COC(O)(CCCC[C@@H]1CN(C(=O)N[C@@H](CC2CCCCC2)[C@@H](O)CN)CCO1)c1cccc(Cl)c1F. The number of unbranched alkanes of at least 4 members (excludes halogenated alkanes) is 1. The van der Waals surface area contributed by atoms with Crippen LogP contribution in [0.2, 0.25) is 5.02 Å². The number of carbonyl (C=O) groups excluding carboxylic acids is 1. The van der Waals surface area contributed by atoms with Crippen molar-refractivity contribution in [1.82, 2.24) is 10.2 Å². The molecule has 37 heavy (non-hydrogen) atoms. The minimum atomic E-state index is -1.77. The van der Waals surface area contributed by atoms with Crippen LogP contribution in [0.1, 0.15) is 69.8 Å². The van der Waals surface area contributed by atoms with Gasteiger partial charge in [0.2, 0.25) is 0 Å². The van der Waals surface area contributed by atoms with Crippen LogP contribution in [0.15, 0.2) is 18.2 Å². The lowest BCUT2D eigenvalue weighted by Gasteiger charge is -2.36. The summed E-state index contributed by atoms with van der Waals surface area (Å²) in [6.45, 7) is 1.46. The fourth-order valence-electron chi connectivity index (χ4n) is 5.48. The molecular formula is C27H43ClFN3O5. The van der Waals surface area contributed by atoms with Crippen LogP contribution < -0.4 is 11.1 Å². The smallest absolute Gasteiger partial charge is 0.317 e. The molecule has 3 rings (SSSR count). The fourth-order valence-corrected chi connectivity index (χ4v) is 5.65. The number of nitrogens with zero attached hydrogens (tertiary/aromatic N) is 1. The topological polar surface area (TPSA) is 117 Å². The van der Waals surface area contributed by atoms with Crippen molar-refractivity contribution >= 4 is 17.6 Å². The average Bonchev–Trinajstić information content (AvgIpc) is 2.92. The third kappa shape index (κ3) is 8.50. The van der Waals surface area contributed by atoms with E-state index >= 15 is 0 Å². The predicted molar refractivity (Wildman–Crippen MR) is 141 cm³/mol. The summed E-state index contributed by atoms with van der Waals surface area (Å²) >= 11 is 5.87. The molecule has 1 aliphatic heterocycles. The lowest BCUT2D eigenvalue weighted by atomic mass is 9.83. The van der Waals surface area contributed by atoms with Crippen molar-refractivity contribution in [2.45, 2.75) is 88.2 Å². The van der Waals surface area contributed by atoms with E-state index < -0.39 is 17.7 Å². The molecule has 10 heteroatoms. The van der Waals surface area contributed by atoms with E-state index in [4.69, 9.17) is 26.8 Å². The number of nitrogens with two attached hydrogens (primary N) is 1. The van der Waals surface area contributed by atoms with Crippen molar-refractivity contribution in [3.05, 3.63) is 34.6 Å². The molecule has 2 amide bonds. The summed E-state index contributed by atoms with van der Waals surface area (Å²) in [5.74, 6) is -1.96. The van der Waals surface area contributed by atoms with Gasteiger partial charge in [-0.3, -0.25) is 0 Å². The van der Waals surface area contributed by atoms with E-state index in [0.717, 1.165) is 19.3 Å². The quantitative estimate of drug-likeness (QED) is 0.235. The Kier molecular flexibility index (Phi) is 11.9. The van der Waals surface area contributed by atoms with Crippen molar-refractivity contribution in [3.63, 3.8) is 0 Å². The molecule has 4 atom stereocenters. The monoisotopic (exact) mass is 543 g/mol. The Morgan fingerprint density at radius 2 is 2.11 bits per heavy atom. The van der Waals surface area contributed by atoms with Crippen LogP contribution >= 0.6 is 11.6 Å². The zero-order valence-corrected chi connectivity index (χ0v) is 22.6. The summed E-state index contributed by atoms with van der Waals surface area (Å²) in [7, 11) is 1.34. The van der Waals surface area contributed by atoms with Crippen LogP contribution in [-0.2, 0) is 15.3 Å². The number of aliphatic hydroxyl groups excluding tert-OH is 1. The highest BCUT2D eigenvalue weighted by Gasteiger charge is 2.33. The average molecular weight is 544 g/mol. The molecule has 1 aromatic rings. The standard InChI is InChI=1S/C27H43ClFN3O5/c1-36-27(35,21-11-7-12-22(28)25(21)29)13-6-5-10-20-18-32(14-15-37-20)26(34)31-23(24(33)17-30)16-19-8-3-2-4-9-19/h7,11-12,19-20,23-24,33,35H,2-6,8-10,13-18,30H2,1H3,(H,31,34)/t20-,23+,24+,27?/m1/s1. The number of carbonyl (C=O) groups is 1. The molecule has 1 saturated carbocycles. The molecule has 1 unspecified atom stereocenters. The van der Waals surface area contributed by atoms with Crippen LogP contribution in [0.4, 0.5) is 9.18 Å². The third-order valence-corrected chi connectivity index (χ3v) is 8.05. The van der Waals surface area contributed by atoms with Gasteiger partial charge in [-0.15, -0.1) is 0 Å². The number of amides is 2. The van der Waals surface area contributed by atoms with Crippen molar-refractivity contribution in [1.29, 1.82) is 0 Å². The first-order valence-corrected chi connectivity index (χ1v) is 13.9. The Morgan fingerprint density at radius 3 is 2.81 bits per heavy atom. The van der Waals surface area contributed by atoms with E-state index in [1.54, 1.807) is 11.0 Å². The van der Waals surface area contributed by atoms with Gasteiger partial charge in [0.05, 0.1) is 29.9 Å². The maximum atomic E-state index is 14.4. The van der Waals surface area contributed by atoms with Gasteiger partial charge in [-0.2, -0.15) is 0 Å². The first kappa shape index (κ1) is 30.1. The van der Waals surface area contributed by atoms with Crippen molar-refractivity contribution < 1.29 is 28.9 Å². The maximum Gasteiger partial charge on any atom is 0.317 e. The highest BCUT2D eigenvalue weighted by molar-refractivity contribution is 6.30. The van der Waals surface area contributed by atoms with E-state index in [1.807, 2.05) is 0 Å². The largest absolute Gasteiger partial charge is 0.390 e. The minimum Gasteiger partial charge on any atom is -0.390 e. The van der Waals surface area contributed by atoms with E-state index in [-0.39, 0.29) is 41.7 Å². The molecule has 1 aromatic carbocycles. The second-order valence-corrected chi connectivity index (χ2v) is 10.8. The molecule has 1 heterocycles. The molecule has 1 aliphatic carbocycles. The number of hydrogen-bond donors (Lipinski definition) is 4. The summed E-state index contributed by atoms with van der Waals surface area (Å²) in [5.41, 5.74) is 5.74. The number of nitrogens with one attached hydrogen (secondary N) is 1. The molecule has 8 nitrogen and oxygen atoms in total. The van der Waals surface area contributed by atoms with E-state index in [1.165, 1.54) is 38.5 Å². The molecule has 0 aromatic heterocycles. The molecular weight excluding hydrogens is 501 g/mol. The zero-order valence-electron chi connectivity index (χ0n) is 21.8. The summed E-state index contributed by atoms with van der Waals surface area (Å²) in [6.07, 6.45) is 7.88. The van der Waals surface area contributed by atoms with Gasteiger partial charge in [-0.25, -0.2) is 9.18 Å². The molecule has 0 radical (unpaired) electrons. The number of ether oxygens (including phenoxy) is 2. The van der Waals surface area contributed by atoms with Crippen molar-refractivity contribution in [3.8, 4) is 0 Å². The Morgan fingerprint density at radius 1 is 1.35 bits per heavy atom. The summed E-state index contributed by atoms with van der Waals surface area (Å²) in [6, 6.07) is 3.90. The van der Waals surface area contributed by atoms with Gasteiger partial charge >= 0.3 is 6.03 Å². The third-order valence-electron chi connectivity index (χ3n) is 7.75. The van der Waals surface area contributed by atoms with Gasteiger partial charge in [0.25, 0.3) is 0 Å². The molecule has 1 saturated heterocycles. The summed E-state index contributed by atoms with van der Waals surface area (Å²) in [5, 5.41) is 24.3. The molecule has 0 spiro atoms. The fraction of sp³-hybridized carbons (Fsp3) is 0.741. The van der Waals surface area contributed by atoms with Gasteiger partial charge in [-0.05, 0) is 31.2 Å². The molecule has 210 valence electrons. The first-order valence-electron chi connectivity index (χ1n) is 13.5. The lowest BCUT2D eigenvalue weighted by molar-refractivity contribution is -0.201. The van der Waals surface area contributed by atoms with Crippen LogP contribution in [0.3, 0.4) is 0 Å². The molecule has 2 aliphatic rings. The van der Waals surface area contributed by atoms with Gasteiger partial charge in [0.1, 0.15) is 5.82 Å². The number of hydrogen-bond acceptors (Lipinski definition) is 6. The van der Waals surface area contributed by atoms with E-state index in [2.05, 4.69) is 5.32 Å². The Balaban J connectivity index is 1.47. The van der Waals surface area contributed by atoms with Gasteiger partial charge in [0.15, 0.2) is 5.79 Å². The second kappa shape index (κ2) is 14.6. The number of aliphatic hydroxyl groups is 2. The number of methoxy groups -OCH3 is 1. The minimum absolute atomic E-state index is 0.0155. The lowest BCUT2D eigenvalue weighted by Crippen LogP contribution is -2.55. The second-order valence-electron chi connectivity index (χ2n) is 10.4. The van der Waals surface area contributed by atoms with Crippen LogP contribution in [0.5, 0.6) is 0 Å². The Labute approximate surface area is 224 Å². The Hall–Kier alpha value is -1.49. The van der Waals surface area contributed by atoms with Crippen molar-refractivity contribution in [2.24, 2.45) is 11.7 Å². The summed E-state index contributed by atoms with van der Waals surface area (Å²) in [4.78, 5) is 14.8. The first-order chi connectivity index (χ1) is 17.8. The number of urea groups is 1. The van der Waals surface area contributed by atoms with Gasteiger partial charge in [-0.1, -0.05) is 62.3 Å².